The van der Waals surface area contributed by atoms with Gasteiger partial charge in [-0.05, 0) is 42.5 Å². The summed E-state index contributed by atoms with van der Waals surface area (Å²) in [4.78, 5) is 0. The van der Waals surface area contributed by atoms with Gasteiger partial charge in [0.15, 0.2) is 0 Å². The Bertz CT molecular complexity index is 316. The van der Waals surface area contributed by atoms with Crippen molar-refractivity contribution in [2.45, 2.75) is 25.7 Å². The molecule has 0 aromatic heterocycles. The van der Waals surface area contributed by atoms with Crippen molar-refractivity contribution >= 4 is 11.6 Å². The van der Waals surface area contributed by atoms with Crippen LogP contribution in [0.5, 0.6) is 0 Å². The molecule has 0 amide bonds. The van der Waals surface area contributed by atoms with Crippen LogP contribution >= 0.6 is 11.6 Å². The van der Waals surface area contributed by atoms with Crippen molar-refractivity contribution in [1.82, 2.24) is 5.32 Å². The number of nitrogens with one attached hydrogen (secondary N) is 1. The fraction of sp³-hybridized carbons (Fsp3) is 0.500. The lowest BCUT2D eigenvalue weighted by Crippen LogP contribution is -2.09. The average Bonchev–Trinajstić information content (AvgIpc) is 2.70. The Hall–Kier alpha value is -0.530. The lowest BCUT2D eigenvalue weighted by molar-refractivity contribution is 0.752. The van der Waals surface area contributed by atoms with E-state index in [2.05, 4.69) is 24.4 Å². The van der Waals surface area contributed by atoms with Crippen LogP contribution in [0.2, 0.25) is 5.02 Å². The van der Waals surface area contributed by atoms with E-state index in [1.807, 2.05) is 6.07 Å². The van der Waals surface area contributed by atoms with Crippen LogP contribution < -0.4 is 5.32 Å². The summed E-state index contributed by atoms with van der Waals surface area (Å²) < 4.78 is 0. The molecule has 1 aromatic carbocycles. The van der Waals surface area contributed by atoms with Gasteiger partial charge < -0.3 is 5.32 Å². The number of benzene rings is 1. The van der Waals surface area contributed by atoms with E-state index in [4.69, 9.17) is 11.6 Å². The van der Waals surface area contributed by atoms with E-state index in [0.717, 1.165) is 24.5 Å². The molecule has 2 rings (SSSR count). The Labute approximate surface area is 90.5 Å². The summed E-state index contributed by atoms with van der Waals surface area (Å²) in [6.45, 7) is 4.42. The maximum Gasteiger partial charge on any atom is 0.0440 e. The second kappa shape index (κ2) is 4.33. The second-order valence-corrected chi connectivity index (χ2v) is 4.26. The Kier molecular flexibility index (Phi) is 3.09. The average molecular weight is 210 g/mol. The van der Waals surface area contributed by atoms with Gasteiger partial charge in [-0.25, -0.2) is 0 Å². The number of halogens is 1. The molecule has 2 heteroatoms. The van der Waals surface area contributed by atoms with Gasteiger partial charge in [-0.1, -0.05) is 30.7 Å². The first kappa shape index (κ1) is 10.0. The second-order valence-electron chi connectivity index (χ2n) is 3.85. The molecule has 76 valence electrons. The quantitative estimate of drug-likeness (QED) is 0.790. The van der Waals surface area contributed by atoms with Crippen molar-refractivity contribution < 1.29 is 0 Å². The molecular weight excluding hydrogens is 194 g/mol. The van der Waals surface area contributed by atoms with Crippen molar-refractivity contribution in [2.75, 3.05) is 13.1 Å². The van der Waals surface area contributed by atoms with E-state index < -0.39 is 0 Å². The molecule has 1 N–H and O–H groups in total. The Morgan fingerprint density at radius 1 is 1.50 bits per heavy atom. The summed E-state index contributed by atoms with van der Waals surface area (Å²) in [5.41, 5.74) is 2.79. The van der Waals surface area contributed by atoms with Gasteiger partial charge in [0.05, 0.1) is 0 Å². The van der Waals surface area contributed by atoms with Crippen molar-refractivity contribution in [3.63, 3.8) is 0 Å². The highest BCUT2D eigenvalue weighted by Crippen LogP contribution is 2.30. The van der Waals surface area contributed by atoms with Crippen molar-refractivity contribution in [3.05, 3.63) is 34.3 Å². The van der Waals surface area contributed by atoms with Gasteiger partial charge in [-0.3, -0.25) is 0 Å². The molecule has 1 aromatic rings. The summed E-state index contributed by atoms with van der Waals surface area (Å²) in [6.07, 6.45) is 2.28. The molecule has 14 heavy (non-hydrogen) atoms. The topological polar surface area (TPSA) is 12.0 Å². The molecule has 0 unspecified atom stereocenters. The van der Waals surface area contributed by atoms with Crippen LogP contribution in [-0.4, -0.2) is 13.1 Å². The lowest BCUT2D eigenvalue weighted by atomic mass is 9.92. The van der Waals surface area contributed by atoms with Gasteiger partial charge in [0.2, 0.25) is 0 Å². The Morgan fingerprint density at radius 3 is 3.00 bits per heavy atom. The zero-order valence-electron chi connectivity index (χ0n) is 8.52. The monoisotopic (exact) mass is 209 g/mol. The summed E-state index contributed by atoms with van der Waals surface area (Å²) in [5, 5.41) is 4.33. The number of rotatable bonds is 2. The molecule has 1 nitrogen and oxygen atoms in total. The smallest absolute Gasteiger partial charge is 0.0440 e. The molecule has 0 spiro atoms. The predicted octanol–water partition coefficient (Wildman–Crippen LogP) is 2.98. The number of hydrogen-bond donors (Lipinski definition) is 1. The van der Waals surface area contributed by atoms with E-state index in [0.29, 0.717) is 5.92 Å². The normalized spacial score (nSPS) is 21.4. The molecule has 1 saturated heterocycles. The van der Waals surface area contributed by atoms with Crippen LogP contribution in [0.1, 0.15) is 30.4 Å². The third-order valence-electron chi connectivity index (χ3n) is 3.01. The predicted molar refractivity (Wildman–Crippen MR) is 61.1 cm³/mol. The molecule has 1 aliphatic rings. The SMILES string of the molecule is CCc1c(Cl)cccc1[C@@H]1CCNC1. The highest BCUT2D eigenvalue weighted by atomic mass is 35.5. The summed E-state index contributed by atoms with van der Waals surface area (Å²) >= 11 is 6.19. The minimum Gasteiger partial charge on any atom is -0.316 e. The van der Waals surface area contributed by atoms with Crippen LogP contribution in [-0.2, 0) is 6.42 Å². The first-order chi connectivity index (χ1) is 6.83. The van der Waals surface area contributed by atoms with Gasteiger partial charge >= 0.3 is 0 Å². The van der Waals surface area contributed by atoms with Crippen LogP contribution in [0.3, 0.4) is 0 Å². The largest absolute Gasteiger partial charge is 0.316 e. The van der Waals surface area contributed by atoms with Crippen LogP contribution in [0.15, 0.2) is 18.2 Å². The molecule has 0 radical (unpaired) electrons. The van der Waals surface area contributed by atoms with Gasteiger partial charge in [0.25, 0.3) is 0 Å². The molecule has 1 heterocycles. The molecule has 0 bridgehead atoms. The van der Waals surface area contributed by atoms with Crippen molar-refractivity contribution in [3.8, 4) is 0 Å². The highest BCUT2D eigenvalue weighted by Gasteiger charge is 2.19. The highest BCUT2D eigenvalue weighted by molar-refractivity contribution is 6.31. The zero-order chi connectivity index (χ0) is 9.97. The summed E-state index contributed by atoms with van der Waals surface area (Å²) in [6, 6.07) is 6.28. The fourth-order valence-corrected chi connectivity index (χ4v) is 2.57. The lowest BCUT2D eigenvalue weighted by Gasteiger charge is -2.14. The van der Waals surface area contributed by atoms with Crippen LogP contribution in [0, 0.1) is 0 Å². The summed E-state index contributed by atoms with van der Waals surface area (Å²) in [7, 11) is 0. The molecule has 1 fully saturated rings. The Morgan fingerprint density at radius 2 is 2.36 bits per heavy atom. The van der Waals surface area contributed by atoms with Crippen molar-refractivity contribution in [1.29, 1.82) is 0 Å². The third-order valence-corrected chi connectivity index (χ3v) is 3.36. The van der Waals surface area contributed by atoms with E-state index >= 15 is 0 Å². The van der Waals surface area contributed by atoms with E-state index in [-0.39, 0.29) is 0 Å². The van der Waals surface area contributed by atoms with Gasteiger partial charge in [-0.2, -0.15) is 0 Å². The molecule has 0 aliphatic carbocycles. The summed E-state index contributed by atoms with van der Waals surface area (Å²) in [5.74, 6) is 0.670. The fourth-order valence-electron chi connectivity index (χ4n) is 2.25. The van der Waals surface area contributed by atoms with Crippen LogP contribution in [0.4, 0.5) is 0 Å². The Balaban J connectivity index is 2.35. The zero-order valence-corrected chi connectivity index (χ0v) is 9.27. The minimum atomic E-state index is 0.670. The maximum atomic E-state index is 6.19. The van der Waals surface area contributed by atoms with Gasteiger partial charge in [0.1, 0.15) is 0 Å². The van der Waals surface area contributed by atoms with Gasteiger partial charge in [0, 0.05) is 11.6 Å². The van der Waals surface area contributed by atoms with E-state index in [1.54, 1.807) is 0 Å². The first-order valence-electron chi connectivity index (χ1n) is 5.31. The van der Waals surface area contributed by atoms with Gasteiger partial charge in [-0.15, -0.1) is 0 Å². The molecule has 1 atom stereocenters. The maximum absolute atomic E-state index is 6.19. The molecule has 0 saturated carbocycles. The first-order valence-corrected chi connectivity index (χ1v) is 5.68. The van der Waals surface area contributed by atoms with Crippen LogP contribution in [0.25, 0.3) is 0 Å². The number of hydrogen-bond acceptors (Lipinski definition) is 1. The molecular formula is C12H16ClN. The molecule has 1 aliphatic heterocycles. The van der Waals surface area contributed by atoms with E-state index in [1.165, 1.54) is 17.5 Å². The third kappa shape index (κ3) is 1.79. The van der Waals surface area contributed by atoms with E-state index in [9.17, 15) is 0 Å². The standard InChI is InChI=1S/C12H16ClN/c1-2-10-11(4-3-5-12(10)13)9-6-7-14-8-9/h3-5,9,14H,2,6-8H2,1H3/t9-/m1/s1. The van der Waals surface area contributed by atoms with Crippen molar-refractivity contribution in [2.24, 2.45) is 0 Å². The minimum absolute atomic E-state index is 0.670.